The average Bonchev–Trinajstić information content (AvgIpc) is 2.47. The predicted molar refractivity (Wildman–Crippen MR) is 59.5 cm³/mol. The van der Waals surface area contributed by atoms with E-state index < -0.39 is 0 Å². The minimum Gasteiger partial charge on any atom is -0.244 e. The minimum absolute atomic E-state index is 0.0203. The van der Waals surface area contributed by atoms with Crippen LogP contribution in [0.5, 0.6) is 0 Å². The van der Waals surface area contributed by atoms with Crippen LogP contribution in [0.1, 0.15) is 49.7 Å². The molecule has 1 heterocycles. The molecule has 0 bridgehead atoms. The molecule has 0 aliphatic heterocycles. The van der Waals surface area contributed by atoms with Crippen molar-refractivity contribution in [2.24, 2.45) is 0 Å². The Labute approximate surface area is 89.6 Å². The Kier molecular flexibility index (Phi) is 3.28. The highest BCUT2D eigenvalue weighted by Gasteiger charge is 2.22. The third kappa shape index (κ3) is 2.33. The molecule has 0 saturated heterocycles. The van der Waals surface area contributed by atoms with Crippen molar-refractivity contribution in [2.75, 3.05) is 0 Å². The molecule has 3 heteroatoms. The smallest absolute Gasteiger partial charge is 0.128 e. The summed E-state index contributed by atoms with van der Waals surface area (Å²) in [6.45, 7) is 8.42. The molecule has 0 aliphatic rings. The van der Waals surface area contributed by atoms with Gasteiger partial charge in [-0.05, 0) is 12.8 Å². The molecule has 0 atom stereocenters. The summed E-state index contributed by atoms with van der Waals surface area (Å²) in [6, 6.07) is 2.24. The number of rotatable bonds is 2. The molecule has 0 amide bonds. The topological polar surface area (TPSA) is 36.7 Å². The van der Waals surface area contributed by atoms with Crippen LogP contribution in [0.25, 0.3) is 0 Å². The van der Waals surface area contributed by atoms with Crippen molar-refractivity contribution < 1.29 is 0 Å². The maximum absolute atomic E-state index is 8.98. The van der Waals surface area contributed by atoms with Crippen LogP contribution in [-0.2, 0) is 11.8 Å². The van der Waals surface area contributed by atoms with Crippen molar-refractivity contribution in [3.63, 3.8) is 0 Å². The Bertz CT molecular complexity index is 352. The van der Waals surface area contributed by atoms with Crippen molar-refractivity contribution in [3.05, 3.63) is 15.6 Å². The van der Waals surface area contributed by atoms with Crippen LogP contribution in [0.15, 0.2) is 0 Å². The van der Waals surface area contributed by atoms with Crippen molar-refractivity contribution in [1.29, 1.82) is 5.26 Å². The van der Waals surface area contributed by atoms with Crippen molar-refractivity contribution in [2.45, 2.75) is 46.0 Å². The Morgan fingerprint density at radius 1 is 1.43 bits per heavy atom. The van der Waals surface area contributed by atoms with Gasteiger partial charge in [0.2, 0.25) is 0 Å². The van der Waals surface area contributed by atoms with Crippen LogP contribution in [0.3, 0.4) is 0 Å². The second-order valence-electron chi connectivity index (χ2n) is 4.40. The standard InChI is InChI=1S/C11H16N2S/c1-5-6-9-13-10(11(2,3)4)8(7-12)14-9/h5-6H2,1-4H3. The van der Waals surface area contributed by atoms with Crippen LogP contribution in [0, 0.1) is 11.3 Å². The monoisotopic (exact) mass is 208 g/mol. The predicted octanol–water partition coefficient (Wildman–Crippen LogP) is 3.26. The first-order valence-electron chi connectivity index (χ1n) is 4.89. The number of nitriles is 1. The van der Waals surface area contributed by atoms with E-state index in [9.17, 15) is 0 Å². The van der Waals surface area contributed by atoms with Gasteiger partial charge in [-0.25, -0.2) is 4.98 Å². The number of aromatic nitrogens is 1. The van der Waals surface area contributed by atoms with Gasteiger partial charge in [0.25, 0.3) is 0 Å². The molecule has 0 fully saturated rings. The van der Waals surface area contributed by atoms with E-state index in [2.05, 4.69) is 38.7 Å². The average molecular weight is 208 g/mol. The molecule has 1 aromatic heterocycles. The summed E-state index contributed by atoms with van der Waals surface area (Å²) in [6.07, 6.45) is 2.07. The Balaban J connectivity index is 3.11. The molecule has 0 N–H and O–H groups in total. The third-order valence-electron chi connectivity index (χ3n) is 1.95. The van der Waals surface area contributed by atoms with Crippen LogP contribution in [0.2, 0.25) is 0 Å². The lowest BCUT2D eigenvalue weighted by atomic mass is 9.91. The number of hydrogen-bond donors (Lipinski definition) is 0. The Morgan fingerprint density at radius 3 is 2.43 bits per heavy atom. The number of thiazole rings is 1. The van der Waals surface area contributed by atoms with Gasteiger partial charge in [-0.15, -0.1) is 11.3 Å². The molecule has 0 radical (unpaired) electrons. The lowest BCUT2D eigenvalue weighted by molar-refractivity contribution is 0.569. The highest BCUT2D eigenvalue weighted by atomic mass is 32.1. The van der Waals surface area contributed by atoms with Gasteiger partial charge in [-0.3, -0.25) is 0 Å². The minimum atomic E-state index is -0.0203. The first-order chi connectivity index (χ1) is 6.49. The van der Waals surface area contributed by atoms with Gasteiger partial charge < -0.3 is 0 Å². The molecule has 14 heavy (non-hydrogen) atoms. The van der Waals surface area contributed by atoms with Crippen LogP contribution < -0.4 is 0 Å². The molecule has 0 unspecified atom stereocenters. The molecule has 1 aromatic rings. The van der Waals surface area contributed by atoms with E-state index in [1.807, 2.05) is 0 Å². The van der Waals surface area contributed by atoms with E-state index in [1.54, 1.807) is 0 Å². The Morgan fingerprint density at radius 2 is 2.07 bits per heavy atom. The van der Waals surface area contributed by atoms with Gasteiger partial charge in [0.05, 0.1) is 10.7 Å². The fourth-order valence-corrected chi connectivity index (χ4v) is 2.44. The van der Waals surface area contributed by atoms with Crippen LogP contribution in [0.4, 0.5) is 0 Å². The van der Waals surface area contributed by atoms with Gasteiger partial charge in [0.15, 0.2) is 0 Å². The Hall–Kier alpha value is -0.880. The summed E-state index contributed by atoms with van der Waals surface area (Å²) >= 11 is 1.54. The van der Waals surface area contributed by atoms with Crippen molar-refractivity contribution in [1.82, 2.24) is 4.98 Å². The molecule has 1 rings (SSSR count). The van der Waals surface area contributed by atoms with Crippen molar-refractivity contribution >= 4 is 11.3 Å². The molecule has 0 spiro atoms. The summed E-state index contributed by atoms with van der Waals surface area (Å²) in [7, 11) is 0. The second kappa shape index (κ2) is 4.10. The maximum Gasteiger partial charge on any atom is 0.128 e. The summed E-state index contributed by atoms with van der Waals surface area (Å²) in [4.78, 5) is 5.32. The van der Waals surface area contributed by atoms with Gasteiger partial charge in [0, 0.05) is 5.41 Å². The van der Waals surface area contributed by atoms with Gasteiger partial charge in [-0.1, -0.05) is 27.7 Å². The summed E-state index contributed by atoms with van der Waals surface area (Å²) in [5.41, 5.74) is 0.932. The molecule has 2 nitrogen and oxygen atoms in total. The number of aryl methyl sites for hydroxylation is 1. The molecule has 0 aromatic carbocycles. The highest BCUT2D eigenvalue weighted by molar-refractivity contribution is 7.12. The largest absolute Gasteiger partial charge is 0.244 e. The van der Waals surface area contributed by atoms with E-state index in [1.165, 1.54) is 11.3 Å². The van der Waals surface area contributed by atoms with E-state index in [-0.39, 0.29) is 5.41 Å². The SMILES string of the molecule is CCCc1nc(C(C)(C)C)c(C#N)s1. The zero-order valence-electron chi connectivity index (χ0n) is 9.22. The number of hydrogen-bond acceptors (Lipinski definition) is 3. The van der Waals surface area contributed by atoms with E-state index in [0.29, 0.717) is 0 Å². The van der Waals surface area contributed by atoms with E-state index in [0.717, 1.165) is 28.4 Å². The van der Waals surface area contributed by atoms with E-state index >= 15 is 0 Å². The zero-order chi connectivity index (χ0) is 10.8. The lowest BCUT2D eigenvalue weighted by Crippen LogP contribution is -2.13. The molecular weight excluding hydrogens is 192 g/mol. The molecule has 0 saturated carbocycles. The molecule has 0 aliphatic carbocycles. The second-order valence-corrected chi connectivity index (χ2v) is 5.48. The van der Waals surface area contributed by atoms with Gasteiger partial charge >= 0.3 is 0 Å². The highest BCUT2D eigenvalue weighted by Crippen LogP contribution is 2.29. The van der Waals surface area contributed by atoms with E-state index in [4.69, 9.17) is 5.26 Å². The fourth-order valence-electron chi connectivity index (χ4n) is 1.27. The molecular formula is C11H16N2S. The maximum atomic E-state index is 8.98. The van der Waals surface area contributed by atoms with Crippen LogP contribution in [-0.4, -0.2) is 4.98 Å². The number of nitrogens with zero attached hydrogens (tertiary/aromatic N) is 2. The zero-order valence-corrected chi connectivity index (χ0v) is 10.0. The summed E-state index contributed by atoms with van der Waals surface area (Å²) in [5.74, 6) is 0. The quantitative estimate of drug-likeness (QED) is 0.748. The third-order valence-corrected chi connectivity index (χ3v) is 2.97. The lowest BCUT2D eigenvalue weighted by Gasteiger charge is -2.15. The molecule has 76 valence electrons. The fraction of sp³-hybridized carbons (Fsp3) is 0.636. The summed E-state index contributed by atoms with van der Waals surface area (Å²) in [5, 5.41) is 10.1. The normalized spacial score (nSPS) is 11.4. The summed E-state index contributed by atoms with van der Waals surface area (Å²) < 4.78 is 0. The van der Waals surface area contributed by atoms with Crippen molar-refractivity contribution in [3.8, 4) is 6.07 Å². The first kappa shape index (κ1) is 11.2. The van der Waals surface area contributed by atoms with Gasteiger partial charge in [0.1, 0.15) is 10.9 Å². The van der Waals surface area contributed by atoms with Crippen LogP contribution >= 0.6 is 11.3 Å². The first-order valence-corrected chi connectivity index (χ1v) is 5.71. The van der Waals surface area contributed by atoms with Gasteiger partial charge in [-0.2, -0.15) is 5.26 Å².